The largest absolute Gasteiger partial charge is 0.497 e. The van der Waals surface area contributed by atoms with Gasteiger partial charge in [-0.1, -0.05) is 48.5 Å². The van der Waals surface area contributed by atoms with Crippen LogP contribution in [0.3, 0.4) is 0 Å². The number of thiocarbonyl (C=S) groups is 1. The van der Waals surface area contributed by atoms with Crippen molar-refractivity contribution in [3.63, 3.8) is 0 Å². The number of hydrazine groups is 1. The second kappa shape index (κ2) is 9.76. The first-order chi connectivity index (χ1) is 15.6. The third-order valence-corrected chi connectivity index (χ3v) is 4.85. The minimum absolute atomic E-state index is 0.245. The molecule has 0 aliphatic carbocycles. The number of rotatable bonds is 5. The van der Waals surface area contributed by atoms with Gasteiger partial charge in [-0.2, -0.15) is 5.10 Å². The second-order valence-electron chi connectivity index (χ2n) is 6.79. The Morgan fingerprint density at radius 2 is 1.56 bits per heavy atom. The highest BCUT2D eigenvalue weighted by Crippen LogP contribution is 2.25. The van der Waals surface area contributed by atoms with Gasteiger partial charge >= 0.3 is 0 Å². The van der Waals surface area contributed by atoms with Gasteiger partial charge in [-0.3, -0.25) is 15.6 Å². The second-order valence-corrected chi connectivity index (χ2v) is 7.20. The molecule has 4 rings (SSSR count). The molecule has 3 N–H and O–H groups in total. The molecule has 0 fully saturated rings. The van der Waals surface area contributed by atoms with Crippen LogP contribution in [0.2, 0.25) is 0 Å². The molecule has 160 valence electrons. The van der Waals surface area contributed by atoms with E-state index in [4.69, 9.17) is 17.0 Å². The summed E-state index contributed by atoms with van der Waals surface area (Å²) in [6, 6.07) is 28.4. The average Bonchev–Trinajstić information content (AvgIpc) is 3.29. The third kappa shape index (κ3) is 4.93. The van der Waals surface area contributed by atoms with Crippen LogP contribution in [-0.4, -0.2) is 27.9 Å². The van der Waals surface area contributed by atoms with Crippen molar-refractivity contribution in [3.8, 4) is 22.7 Å². The van der Waals surface area contributed by atoms with Crippen LogP contribution in [0.4, 0.5) is 5.69 Å². The van der Waals surface area contributed by atoms with E-state index < -0.39 is 5.91 Å². The van der Waals surface area contributed by atoms with Gasteiger partial charge in [0.2, 0.25) is 0 Å². The molecule has 0 saturated heterocycles. The summed E-state index contributed by atoms with van der Waals surface area (Å²) < 4.78 is 6.97. The molecule has 0 atom stereocenters. The van der Waals surface area contributed by atoms with Crippen LogP contribution < -0.4 is 20.9 Å². The van der Waals surface area contributed by atoms with Gasteiger partial charge < -0.3 is 10.1 Å². The lowest BCUT2D eigenvalue weighted by Gasteiger charge is -2.10. The van der Waals surface area contributed by atoms with Crippen molar-refractivity contribution in [1.82, 2.24) is 20.6 Å². The van der Waals surface area contributed by atoms with Crippen molar-refractivity contribution in [1.29, 1.82) is 0 Å². The molecule has 1 amide bonds. The number of nitrogens with one attached hydrogen (secondary N) is 3. The van der Waals surface area contributed by atoms with Gasteiger partial charge in [-0.05, 0) is 54.7 Å². The lowest BCUT2D eigenvalue weighted by atomic mass is 10.1. The van der Waals surface area contributed by atoms with E-state index in [1.807, 2.05) is 84.9 Å². The molecule has 0 aliphatic heterocycles. The standard InChI is InChI=1S/C24H21N5O2S/c1-31-20-14-12-19(13-15-20)29-22(17-8-4-2-5-9-17)16-21(28-29)23(30)26-27-24(32)25-18-10-6-3-7-11-18/h2-16H,1H3,(H,26,30)(H2,25,27,32). The smallest absolute Gasteiger partial charge is 0.290 e. The average molecular weight is 444 g/mol. The number of methoxy groups -OCH3 is 1. The summed E-state index contributed by atoms with van der Waals surface area (Å²) >= 11 is 5.24. The third-order valence-electron chi connectivity index (χ3n) is 4.65. The highest BCUT2D eigenvalue weighted by molar-refractivity contribution is 7.80. The maximum atomic E-state index is 12.8. The van der Waals surface area contributed by atoms with E-state index >= 15 is 0 Å². The summed E-state index contributed by atoms with van der Waals surface area (Å²) in [4.78, 5) is 12.8. The van der Waals surface area contributed by atoms with Crippen molar-refractivity contribution in [2.75, 3.05) is 12.4 Å². The fraction of sp³-hybridized carbons (Fsp3) is 0.0417. The summed E-state index contributed by atoms with van der Waals surface area (Å²) in [5, 5.41) is 7.80. The van der Waals surface area contributed by atoms with E-state index in [0.717, 1.165) is 28.4 Å². The van der Waals surface area contributed by atoms with E-state index in [9.17, 15) is 4.79 Å². The molecule has 3 aromatic carbocycles. The van der Waals surface area contributed by atoms with Crippen LogP contribution in [-0.2, 0) is 0 Å². The molecule has 1 heterocycles. The van der Waals surface area contributed by atoms with Gasteiger partial charge in [0.15, 0.2) is 10.8 Å². The lowest BCUT2D eigenvalue weighted by Crippen LogP contribution is -2.43. The molecule has 0 bridgehead atoms. The number of carbonyl (C=O) groups excluding carboxylic acids is 1. The topological polar surface area (TPSA) is 80.2 Å². The summed E-state index contributed by atoms with van der Waals surface area (Å²) in [7, 11) is 1.62. The van der Waals surface area contributed by atoms with Gasteiger partial charge in [0.05, 0.1) is 18.5 Å². The monoisotopic (exact) mass is 443 g/mol. The van der Waals surface area contributed by atoms with E-state index in [1.54, 1.807) is 17.9 Å². The maximum absolute atomic E-state index is 12.8. The first kappa shape index (κ1) is 21.1. The van der Waals surface area contributed by atoms with Gasteiger partial charge in [0, 0.05) is 11.3 Å². The van der Waals surface area contributed by atoms with Gasteiger partial charge in [0.1, 0.15) is 5.75 Å². The van der Waals surface area contributed by atoms with Crippen LogP contribution in [0.5, 0.6) is 5.75 Å². The van der Waals surface area contributed by atoms with Crippen molar-refractivity contribution in [2.45, 2.75) is 0 Å². The summed E-state index contributed by atoms with van der Waals surface area (Å²) in [5.74, 6) is 0.329. The number of ether oxygens (including phenoxy) is 1. The SMILES string of the molecule is COc1ccc(-n2nc(C(=O)NNC(=S)Nc3ccccc3)cc2-c2ccccc2)cc1. The van der Waals surface area contributed by atoms with Crippen LogP contribution in [0.1, 0.15) is 10.5 Å². The minimum Gasteiger partial charge on any atom is -0.497 e. The highest BCUT2D eigenvalue weighted by atomic mass is 32.1. The fourth-order valence-corrected chi connectivity index (χ4v) is 3.26. The molecule has 7 nitrogen and oxygen atoms in total. The first-order valence-electron chi connectivity index (χ1n) is 9.86. The Hall–Kier alpha value is -4.17. The number of hydrogen-bond donors (Lipinski definition) is 3. The number of aromatic nitrogens is 2. The maximum Gasteiger partial charge on any atom is 0.290 e. The van der Waals surface area contributed by atoms with Crippen LogP contribution >= 0.6 is 12.2 Å². The number of nitrogens with zero attached hydrogens (tertiary/aromatic N) is 2. The lowest BCUT2D eigenvalue weighted by molar-refractivity contribution is 0.0938. The number of carbonyl (C=O) groups is 1. The summed E-state index contributed by atoms with van der Waals surface area (Å²) in [5.41, 5.74) is 8.88. The zero-order chi connectivity index (χ0) is 22.3. The molecule has 0 unspecified atom stereocenters. The summed E-state index contributed by atoms with van der Waals surface area (Å²) in [6.45, 7) is 0. The predicted octanol–water partition coefficient (Wildman–Crippen LogP) is 4.18. The number of amides is 1. The van der Waals surface area contributed by atoms with Crippen molar-refractivity contribution in [3.05, 3.63) is 96.7 Å². The van der Waals surface area contributed by atoms with Gasteiger partial charge in [0.25, 0.3) is 5.91 Å². The Labute approximate surface area is 191 Å². The van der Waals surface area contributed by atoms with Crippen molar-refractivity contribution >= 4 is 28.9 Å². The number of para-hydroxylation sites is 1. The van der Waals surface area contributed by atoms with E-state index in [2.05, 4.69) is 21.3 Å². The van der Waals surface area contributed by atoms with Gasteiger partial charge in [-0.25, -0.2) is 4.68 Å². The van der Waals surface area contributed by atoms with Crippen molar-refractivity contribution < 1.29 is 9.53 Å². The van der Waals surface area contributed by atoms with Crippen molar-refractivity contribution in [2.24, 2.45) is 0 Å². The van der Waals surface area contributed by atoms with Crippen LogP contribution in [0.25, 0.3) is 16.9 Å². The number of anilines is 1. The molecule has 1 aromatic heterocycles. The van der Waals surface area contributed by atoms with Gasteiger partial charge in [-0.15, -0.1) is 0 Å². The minimum atomic E-state index is -0.411. The Morgan fingerprint density at radius 1 is 0.906 bits per heavy atom. The Bertz CT molecular complexity index is 1210. The molecule has 0 spiro atoms. The molecule has 0 saturated carbocycles. The number of benzene rings is 3. The zero-order valence-electron chi connectivity index (χ0n) is 17.3. The molecule has 32 heavy (non-hydrogen) atoms. The summed E-state index contributed by atoms with van der Waals surface area (Å²) in [6.07, 6.45) is 0. The zero-order valence-corrected chi connectivity index (χ0v) is 18.1. The van der Waals surface area contributed by atoms with E-state index in [0.29, 0.717) is 0 Å². The Morgan fingerprint density at radius 3 is 2.22 bits per heavy atom. The van der Waals surface area contributed by atoms with Crippen LogP contribution in [0.15, 0.2) is 91.0 Å². The van der Waals surface area contributed by atoms with Crippen LogP contribution in [0, 0.1) is 0 Å². The first-order valence-corrected chi connectivity index (χ1v) is 10.3. The van der Waals surface area contributed by atoms with E-state index in [-0.39, 0.29) is 10.8 Å². The molecule has 0 aliphatic rings. The Kier molecular flexibility index (Phi) is 6.43. The molecular weight excluding hydrogens is 422 g/mol. The molecular formula is C24H21N5O2S. The molecule has 4 aromatic rings. The Balaban J connectivity index is 1.55. The highest BCUT2D eigenvalue weighted by Gasteiger charge is 2.17. The molecule has 0 radical (unpaired) electrons. The molecule has 8 heteroatoms. The predicted molar refractivity (Wildman–Crippen MR) is 129 cm³/mol. The fourth-order valence-electron chi connectivity index (χ4n) is 3.09. The normalized spacial score (nSPS) is 10.3. The number of hydrogen-bond acceptors (Lipinski definition) is 4. The van der Waals surface area contributed by atoms with E-state index in [1.165, 1.54) is 0 Å². The quantitative estimate of drug-likeness (QED) is 0.317.